The van der Waals surface area contributed by atoms with Gasteiger partial charge >= 0.3 is 6.03 Å². The summed E-state index contributed by atoms with van der Waals surface area (Å²) in [6.07, 6.45) is 4.14. The minimum atomic E-state index is -0.822. The van der Waals surface area contributed by atoms with Crippen molar-refractivity contribution in [1.82, 2.24) is 10.2 Å². The summed E-state index contributed by atoms with van der Waals surface area (Å²) in [5, 5.41) is 13.3. The fraction of sp³-hybridized carbons (Fsp3) is 0.611. The smallest absolute Gasteiger partial charge is 0.317 e. The number of halogens is 1. The van der Waals surface area contributed by atoms with Crippen LogP contribution in [0.5, 0.6) is 0 Å². The first-order valence-corrected chi connectivity index (χ1v) is 8.56. The van der Waals surface area contributed by atoms with E-state index in [-0.39, 0.29) is 30.0 Å². The summed E-state index contributed by atoms with van der Waals surface area (Å²) >= 11 is 0. The van der Waals surface area contributed by atoms with Crippen LogP contribution in [-0.2, 0) is 4.74 Å². The molecular formula is C18H25FN2O3. The Labute approximate surface area is 141 Å². The van der Waals surface area contributed by atoms with E-state index in [1.807, 2.05) is 0 Å². The van der Waals surface area contributed by atoms with Crippen molar-refractivity contribution in [3.05, 3.63) is 35.6 Å². The number of rotatable bonds is 7. The van der Waals surface area contributed by atoms with Gasteiger partial charge in [-0.05, 0) is 49.8 Å². The first-order chi connectivity index (χ1) is 11.5. The molecule has 5 nitrogen and oxygen atoms in total. The van der Waals surface area contributed by atoms with Crippen molar-refractivity contribution in [2.75, 3.05) is 20.2 Å². The SMILES string of the molecule is COC1(CNC(=O)N(CC(O)c2ccc(F)cc2)C2CC2)CCC1. The molecule has 0 heterocycles. The van der Waals surface area contributed by atoms with Gasteiger partial charge in [0, 0.05) is 19.7 Å². The lowest BCUT2D eigenvalue weighted by atomic mass is 9.80. The summed E-state index contributed by atoms with van der Waals surface area (Å²) in [4.78, 5) is 14.2. The van der Waals surface area contributed by atoms with Gasteiger partial charge in [-0.2, -0.15) is 0 Å². The van der Waals surface area contributed by atoms with Crippen molar-refractivity contribution in [2.24, 2.45) is 0 Å². The van der Waals surface area contributed by atoms with Crippen LogP contribution in [0.2, 0.25) is 0 Å². The van der Waals surface area contributed by atoms with Gasteiger partial charge in [-0.3, -0.25) is 0 Å². The average Bonchev–Trinajstić information content (AvgIpc) is 3.37. The van der Waals surface area contributed by atoms with Gasteiger partial charge in [0.2, 0.25) is 0 Å². The predicted octanol–water partition coefficient (Wildman–Crippen LogP) is 2.60. The maximum atomic E-state index is 13.0. The monoisotopic (exact) mass is 336 g/mol. The van der Waals surface area contributed by atoms with E-state index in [9.17, 15) is 14.3 Å². The molecule has 0 saturated heterocycles. The zero-order valence-corrected chi connectivity index (χ0v) is 14.0. The first kappa shape index (κ1) is 17.2. The highest BCUT2D eigenvalue weighted by atomic mass is 19.1. The quantitative estimate of drug-likeness (QED) is 0.804. The Bertz CT molecular complexity index is 565. The maximum Gasteiger partial charge on any atom is 0.317 e. The Kier molecular flexibility index (Phi) is 5.06. The van der Waals surface area contributed by atoms with Gasteiger partial charge in [0.15, 0.2) is 0 Å². The lowest BCUT2D eigenvalue weighted by molar-refractivity contribution is -0.0680. The molecule has 2 aliphatic carbocycles. The van der Waals surface area contributed by atoms with Crippen LogP contribution in [0, 0.1) is 5.82 Å². The third-order valence-corrected chi connectivity index (χ3v) is 5.13. The van der Waals surface area contributed by atoms with Crippen LogP contribution in [0.1, 0.15) is 43.8 Å². The molecule has 2 N–H and O–H groups in total. The summed E-state index contributed by atoms with van der Waals surface area (Å²) < 4.78 is 18.5. The topological polar surface area (TPSA) is 61.8 Å². The number of nitrogens with one attached hydrogen (secondary N) is 1. The van der Waals surface area contributed by atoms with E-state index in [4.69, 9.17) is 4.74 Å². The number of carbonyl (C=O) groups excluding carboxylic acids is 1. The van der Waals surface area contributed by atoms with E-state index in [0.29, 0.717) is 12.1 Å². The van der Waals surface area contributed by atoms with Crippen molar-refractivity contribution in [1.29, 1.82) is 0 Å². The normalized spacial score (nSPS) is 20.1. The number of methoxy groups -OCH3 is 1. The van der Waals surface area contributed by atoms with Crippen molar-refractivity contribution in [3.8, 4) is 0 Å². The lowest BCUT2D eigenvalue weighted by Crippen LogP contribution is -2.53. The molecular weight excluding hydrogens is 311 g/mol. The van der Waals surface area contributed by atoms with Crippen LogP contribution in [0.15, 0.2) is 24.3 Å². The molecule has 2 saturated carbocycles. The van der Waals surface area contributed by atoms with Crippen molar-refractivity contribution in [2.45, 2.75) is 49.9 Å². The van der Waals surface area contributed by atoms with Gasteiger partial charge in [-0.1, -0.05) is 12.1 Å². The number of aliphatic hydroxyl groups excluding tert-OH is 1. The Balaban J connectivity index is 1.57. The number of aliphatic hydroxyl groups is 1. The second-order valence-corrected chi connectivity index (χ2v) is 6.85. The standard InChI is InChI=1S/C18H25FN2O3/c1-24-18(9-2-10-18)12-20-17(23)21(15-7-8-15)11-16(22)13-3-5-14(19)6-4-13/h3-6,15-16,22H,2,7-12H2,1H3,(H,20,23). The fourth-order valence-electron chi connectivity index (χ4n) is 3.12. The highest BCUT2D eigenvalue weighted by Gasteiger charge is 2.39. The molecule has 1 aromatic rings. The average molecular weight is 336 g/mol. The fourth-order valence-corrected chi connectivity index (χ4v) is 3.12. The molecule has 0 bridgehead atoms. The lowest BCUT2D eigenvalue weighted by Gasteiger charge is -2.41. The van der Waals surface area contributed by atoms with Crippen LogP contribution in [0.25, 0.3) is 0 Å². The summed E-state index contributed by atoms with van der Waals surface area (Å²) in [6, 6.07) is 5.76. The van der Waals surface area contributed by atoms with Crippen LogP contribution in [-0.4, -0.2) is 47.9 Å². The largest absolute Gasteiger partial charge is 0.387 e. The molecule has 1 atom stereocenters. The van der Waals surface area contributed by atoms with Crippen LogP contribution < -0.4 is 5.32 Å². The number of hydrogen-bond acceptors (Lipinski definition) is 3. The molecule has 24 heavy (non-hydrogen) atoms. The third kappa shape index (κ3) is 3.87. The minimum Gasteiger partial charge on any atom is -0.387 e. The predicted molar refractivity (Wildman–Crippen MR) is 88.1 cm³/mol. The van der Waals surface area contributed by atoms with E-state index in [0.717, 1.165) is 32.1 Å². The molecule has 0 aromatic heterocycles. The zero-order valence-electron chi connectivity index (χ0n) is 14.0. The van der Waals surface area contributed by atoms with Gasteiger partial charge in [0.05, 0.1) is 18.2 Å². The molecule has 0 aliphatic heterocycles. The highest BCUT2D eigenvalue weighted by Crippen LogP contribution is 2.34. The number of ether oxygens (including phenoxy) is 1. The Hall–Kier alpha value is -1.66. The number of amides is 2. The molecule has 0 radical (unpaired) electrons. The summed E-state index contributed by atoms with van der Waals surface area (Å²) in [6.45, 7) is 0.709. The van der Waals surface area contributed by atoms with Crippen LogP contribution in [0.3, 0.4) is 0 Å². The number of hydrogen-bond donors (Lipinski definition) is 2. The van der Waals surface area contributed by atoms with Gasteiger partial charge in [-0.15, -0.1) is 0 Å². The van der Waals surface area contributed by atoms with E-state index in [2.05, 4.69) is 5.32 Å². The summed E-state index contributed by atoms with van der Waals surface area (Å²) in [5.74, 6) is -0.340. The van der Waals surface area contributed by atoms with E-state index in [1.165, 1.54) is 12.1 Å². The second kappa shape index (κ2) is 7.07. The van der Waals surface area contributed by atoms with Gasteiger partial charge in [0.1, 0.15) is 5.82 Å². The molecule has 1 unspecified atom stereocenters. The zero-order chi connectivity index (χ0) is 17.2. The molecule has 2 fully saturated rings. The number of nitrogens with zero attached hydrogens (tertiary/aromatic N) is 1. The van der Waals surface area contributed by atoms with E-state index in [1.54, 1.807) is 24.1 Å². The number of benzene rings is 1. The van der Waals surface area contributed by atoms with Gasteiger partial charge < -0.3 is 20.1 Å². The van der Waals surface area contributed by atoms with Crippen molar-refractivity contribution < 1.29 is 19.0 Å². The minimum absolute atomic E-state index is 0.165. The van der Waals surface area contributed by atoms with E-state index >= 15 is 0 Å². The maximum absolute atomic E-state index is 13.0. The second-order valence-electron chi connectivity index (χ2n) is 6.85. The Morgan fingerprint density at radius 2 is 2.08 bits per heavy atom. The number of urea groups is 1. The van der Waals surface area contributed by atoms with Gasteiger partial charge in [-0.25, -0.2) is 9.18 Å². The molecule has 1 aromatic carbocycles. The van der Waals surface area contributed by atoms with Gasteiger partial charge in [0.25, 0.3) is 0 Å². The molecule has 132 valence electrons. The highest BCUT2D eigenvalue weighted by molar-refractivity contribution is 5.75. The molecule has 6 heteroatoms. The third-order valence-electron chi connectivity index (χ3n) is 5.13. The first-order valence-electron chi connectivity index (χ1n) is 8.56. The van der Waals surface area contributed by atoms with Crippen LogP contribution >= 0.6 is 0 Å². The van der Waals surface area contributed by atoms with E-state index < -0.39 is 6.10 Å². The van der Waals surface area contributed by atoms with Crippen molar-refractivity contribution >= 4 is 6.03 Å². The Morgan fingerprint density at radius 1 is 1.42 bits per heavy atom. The summed E-state index contributed by atoms with van der Waals surface area (Å²) in [7, 11) is 1.68. The summed E-state index contributed by atoms with van der Waals surface area (Å²) in [5.41, 5.74) is 0.391. The van der Waals surface area contributed by atoms with Crippen LogP contribution in [0.4, 0.5) is 9.18 Å². The number of carbonyl (C=O) groups is 1. The van der Waals surface area contributed by atoms with Crippen molar-refractivity contribution in [3.63, 3.8) is 0 Å². The molecule has 2 amide bonds. The molecule has 3 rings (SSSR count). The molecule has 2 aliphatic rings. The molecule has 0 spiro atoms. The Morgan fingerprint density at radius 3 is 2.58 bits per heavy atom.